The molecule has 0 atom stereocenters. The number of rotatable bonds is 4. The fourth-order valence-corrected chi connectivity index (χ4v) is 3.37. The fraction of sp³-hybridized carbons (Fsp3) is 0.238. The van der Waals surface area contributed by atoms with Gasteiger partial charge >= 0.3 is 0 Å². The highest BCUT2D eigenvalue weighted by Crippen LogP contribution is 2.33. The molecule has 4 nitrogen and oxygen atoms in total. The van der Waals surface area contributed by atoms with Crippen molar-refractivity contribution in [3.8, 4) is 0 Å². The summed E-state index contributed by atoms with van der Waals surface area (Å²) >= 11 is 0. The van der Waals surface area contributed by atoms with Gasteiger partial charge in [-0.1, -0.05) is 48.0 Å². The van der Waals surface area contributed by atoms with Crippen molar-refractivity contribution >= 4 is 17.3 Å². The van der Waals surface area contributed by atoms with E-state index < -0.39 is 0 Å². The number of nitrogens with zero attached hydrogens (tertiary/aromatic N) is 3. The molecule has 0 radical (unpaired) electrons. The Balaban J connectivity index is 1.57. The van der Waals surface area contributed by atoms with Crippen LogP contribution < -0.4 is 10.2 Å². The van der Waals surface area contributed by atoms with E-state index in [0.29, 0.717) is 0 Å². The molecule has 3 aromatic rings. The molecule has 25 heavy (non-hydrogen) atoms. The first-order valence-electron chi connectivity index (χ1n) is 8.69. The van der Waals surface area contributed by atoms with Crippen molar-refractivity contribution in [1.29, 1.82) is 0 Å². The molecule has 0 fully saturated rings. The van der Waals surface area contributed by atoms with Crippen LogP contribution in [-0.2, 0) is 13.0 Å². The maximum Gasteiger partial charge on any atom is 0.138 e. The lowest BCUT2D eigenvalue weighted by Gasteiger charge is -2.19. The van der Waals surface area contributed by atoms with Crippen molar-refractivity contribution in [2.24, 2.45) is 0 Å². The van der Waals surface area contributed by atoms with Crippen LogP contribution in [0.5, 0.6) is 0 Å². The number of benzene rings is 2. The summed E-state index contributed by atoms with van der Waals surface area (Å²) in [5, 5.41) is 3.44. The molecule has 0 unspecified atom stereocenters. The SMILES string of the molecule is Cc1cccc(CNc2cc(N3CCc4ccccc43)nc(C)n2)c1. The predicted molar refractivity (Wildman–Crippen MR) is 102 cm³/mol. The normalized spacial score (nSPS) is 13.0. The van der Waals surface area contributed by atoms with Gasteiger partial charge in [-0.15, -0.1) is 0 Å². The zero-order valence-corrected chi connectivity index (χ0v) is 14.7. The van der Waals surface area contributed by atoms with Gasteiger partial charge in [-0.25, -0.2) is 9.97 Å². The Morgan fingerprint density at radius 2 is 1.88 bits per heavy atom. The molecular weight excluding hydrogens is 308 g/mol. The Hall–Kier alpha value is -2.88. The van der Waals surface area contributed by atoms with Crippen molar-refractivity contribution in [2.45, 2.75) is 26.8 Å². The summed E-state index contributed by atoms with van der Waals surface area (Å²) in [4.78, 5) is 11.5. The topological polar surface area (TPSA) is 41.0 Å². The highest BCUT2D eigenvalue weighted by Gasteiger charge is 2.21. The van der Waals surface area contributed by atoms with Crippen molar-refractivity contribution < 1.29 is 0 Å². The summed E-state index contributed by atoms with van der Waals surface area (Å²) in [6, 6.07) is 19.1. The molecule has 0 spiro atoms. The van der Waals surface area contributed by atoms with E-state index in [1.54, 1.807) is 0 Å². The summed E-state index contributed by atoms with van der Waals surface area (Å²) in [6.07, 6.45) is 1.06. The summed E-state index contributed by atoms with van der Waals surface area (Å²) in [5.41, 5.74) is 5.16. The first kappa shape index (κ1) is 15.6. The van der Waals surface area contributed by atoms with Gasteiger partial charge < -0.3 is 10.2 Å². The van der Waals surface area contributed by atoms with Gasteiger partial charge in [0.25, 0.3) is 0 Å². The Kier molecular flexibility index (Phi) is 4.10. The minimum atomic E-state index is 0.758. The third kappa shape index (κ3) is 3.33. The molecule has 1 aromatic heterocycles. The fourth-order valence-electron chi connectivity index (χ4n) is 3.37. The van der Waals surface area contributed by atoms with E-state index in [2.05, 4.69) is 75.6 Å². The molecule has 1 aliphatic rings. The van der Waals surface area contributed by atoms with Crippen LogP contribution in [0.25, 0.3) is 0 Å². The smallest absolute Gasteiger partial charge is 0.138 e. The van der Waals surface area contributed by atoms with E-state index in [4.69, 9.17) is 0 Å². The largest absolute Gasteiger partial charge is 0.366 e. The quantitative estimate of drug-likeness (QED) is 0.770. The van der Waals surface area contributed by atoms with Gasteiger partial charge in [-0.05, 0) is 37.5 Å². The Morgan fingerprint density at radius 3 is 2.76 bits per heavy atom. The highest BCUT2D eigenvalue weighted by atomic mass is 15.2. The van der Waals surface area contributed by atoms with E-state index in [9.17, 15) is 0 Å². The minimum Gasteiger partial charge on any atom is -0.366 e. The van der Waals surface area contributed by atoms with Gasteiger partial charge in [0.1, 0.15) is 17.5 Å². The molecule has 0 saturated carbocycles. The van der Waals surface area contributed by atoms with Crippen molar-refractivity contribution in [1.82, 2.24) is 9.97 Å². The van der Waals surface area contributed by atoms with E-state index in [1.165, 1.54) is 22.4 Å². The highest BCUT2D eigenvalue weighted by molar-refractivity contribution is 5.68. The van der Waals surface area contributed by atoms with Crippen molar-refractivity contribution in [3.63, 3.8) is 0 Å². The number of aryl methyl sites for hydroxylation is 2. The van der Waals surface area contributed by atoms with Gasteiger partial charge in [-0.2, -0.15) is 0 Å². The molecule has 0 amide bonds. The summed E-state index contributed by atoms with van der Waals surface area (Å²) in [6.45, 7) is 5.78. The molecule has 4 heteroatoms. The lowest BCUT2D eigenvalue weighted by atomic mass is 10.1. The number of hydrogen-bond donors (Lipinski definition) is 1. The maximum absolute atomic E-state index is 4.66. The molecule has 1 N–H and O–H groups in total. The molecule has 0 saturated heterocycles. The molecule has 1 aliphatic heterocycles. The van der Waals surface area contributed by atoms with E-state index >= 15 is 0 Å². The molecular formula is C21H22N4. The van der Waals surface area contributed by atoms with Crippen LogP contribution in [0.2, 0.25) is 0 Å². The second kappa shape index (κ2) is 6.55. The monoisotopic (exact) mass is 330 g/mol. The minimum absolute atomic E-state index is 0.758. The molecule has 4 rings (SSSR count). The predicted octanol–water partition coefficient (Wildman–Crippen LogP) is 4.40. The molecule has 2 heterocycles. The standard InChI is InChI=1S/C21H22N4/c1-15-6-5-7-17(12-15)14-22-20-13-21(24-16(2)23-20)25-11-10-18-8-3-4-9-19(18)25/h3-9,12-13H,10-11,14H2,1-2H3,(H,22,23,24). The van der Waals surface area contributed by atoms with E-state index in [0.717, 1.165) is 37.0 Å². The molecule has 0 bridgehead atoms. The molecule has 126 valence electrons. The number of hydrogen-bond acceptors (Lipinski definition) is 4. The second-order valence-corrected chi connectivity index (χ2v) is 6.53. The molecule has 2 aromatic carbocycles. The van der Waals surface area contributed by atoms with Gasteiger partial charge in [0.2, 0.25) is 0 Å². The van der Waals surface area contributed by atoms with E-state index in [1.807, 2.05) is 13.0 Å². The van der Waals surface area contributed by atoms with Crippen LogP contribution in [0, 0.1) is 13.8 Å². The summed E-state index contributed by atoms with van der Waals surface area (Å²) < 4.78 is 0. The zero-order valence-electron chi connectivity index (χ0n) is 14.7. The van der Waals surface area contributed by atoms with Crippen LogP contribution in [0.4, 0.5) is 17.3 Å². The molecule has 0 aliphatic carbocycles. The Labute approximate surface area is 148 Å². The van der Waals surface area contributed by atoms with Crippen LogP contribution in [0.3, 0.4) is 0 Å². The van der Waals surface area contributed by atoms with Crippen LogP contribution in [0.15, 0.2) is 54.6 Å². The number of aromatic nitrogens is 2. The average Bonchev–Trinajstić information content (AvgIpc) is 3.04. The first-order valence-corrected chi connectivity index (χ1v) is 8.69. The van der Waals surface area contributed by atoms with Gasteiger partial charge in [0, 0.05) is 24.8 Å². The first-order chi connectivity index (χ1) is 12.2. The van der Waals surface area contributed by atoms with Crippen molar-refractivity contribution in [2.75, 3.05) is 16.8 Å². The summed E-state index contributed by atoms with van der Waals surface area (Å²) in [7, 11) is 0. The Bertz CT molecular complexity index is 904. The van der Waals surface area contributed by atoms with Gasteiger partial charge in [-0.3, -0.25) is 0 Å². The third-order valence-corrected chi connectivity index (χ3v) is 4.54. The number of para-hydroxylation sites is 1. The third-order valence-electron chi connectivity index (χ3n) is 4.54. The van der Waals surface area contributed by atoms with Gasteiger partial charge in [0.05, 0.1) is 0 Å². The van der Waals surface area contributed by atoms with Crippen molar-refractivity contribution in [3.05, 3.63) is 77.1 Å². The number of anilines is 3. The zero-order chi connectivity index (χ0) is 17.2. The number of nitrogens with one attached hydrogen (secondary N) is 1. The van der Waals surface area contributed by atoms with Gasteiger partial charge in [0.15, 0.2) is 0 Å². The average molecular weight is 330 g/mol. The van der Waals surface area contributed by atoms with E-state index in [-0.39, 0.29) is 0 Å². The van der Waals surface area contributed by atoms with Crippen LogP contribution >= 0.6 is 0 Å². The number of fused-ring (bicyclic) bond motifs is 1. The van der Waals surface area contributed by atoms with Crippen LogP contribution in [0.1, 0.15) is 22.5 Å². The lowest BCUT2D eigenvalue weighted by Crippen LogP contribution is -2.16. The van der Waals surface area contributed by atoms with Crippen LogP contribution in [-0.4, -0.2) is 16.5 Å². The lowest BCUT2D eigenvalue weighted by molar-refractivity contribution is 0.941. The summed E-state index contributed by atoms with van der Waals surface area (Å²) in [5.74, 6) is 2.62. The Morgan fingerprint density at radius 1 is 1.00 bits per heavy atom. The maximum atomic E-state index is 4.66. The second-order valence-electron chi connectivity index (χ2n) is 6.53.